The highest BCUT2D eigenvalue weighted by Gasteiger charge is 2.31. The highest BCUT2D eigenvalue weighted by atomic mass is 16.5. The van der Waals surface area contributed by atoms with E-state index in [2.05, 4.69) is 13.8 Å². The molecule has 0 aromatic carbocycles. The van der Waals surface area contributed by atoms with E-state index in [-0.39, 0.29) is 11.9 Å². The van der Waals surface area contributed by atoms with Crippen LogP contribution in [0.4, 0.5) is 0 Å². The number of methoxy groups -OCH3 is 1. The number of hydrogen-bond donors (Lipinski definition) is 0. The molecule has 0 N–H and O–H groups in total. The fraction of sp³-hybridized carbons (Fsp3) is 0.900. The molecule has 0 bridgehead atoms. The molecule has 0 heterocycles. The first-order chi connectivity index (χ1) is 5.65. The van der Waals surface area contributed by atoms with Gasteiger partial charge in [0.2, 0.25) is 0 Å². The second kappa shape index (κ2) is 3.92. The van der Waals surface area contributed by atoms with Gasteiger partial charge in [0.05, 0.1) is 13.0 Å². The van der Waals surface area contributed by atoms with E-state index in [1.807, 2.05) is 0 Å². The maximum atomic E-state index is 11.3. The van der Waals surface area contributed by atoms with Crippen LogP contribution in [0.15, 0.2) is 0 Å². The predicted molar refractivity (Wildman–Crippen MR) is 47.7 cm³/mol. The van der Waals surface area contributed by atoms with Gasteiger partial charge in [-0.3, -0.25) is 4.79 Å². The molecule has 0 radical (unpaired) electrons. The molecule has 0 spiro atoms. The van der Waals surface area contributed by atoms with Gasteiger partial charge < -0.3 is 4.74 Å². The van der Waals surface area contributed by atoms with Crippen molar-refractivity contribution in [1.82, 2.24) is 0 Å². The summed E-state index contributed by atoms with van der Waals surface area (Å²) in [6.45, 7) is 4.36. The molecule has 0 aromatic rings. The van der Waals surface area contributed by atoms with E-state index in [1.165, 1.54) is 20.0 Å². The molecule has 1 aliphatic carbocycles. The highest BCUT2D eigenvalue weighted by Crippen LogP contribution is 2.33. The standard InChI is InChI=1S/C10H18O2/c1-7-4-5-8(2)9(6-7)10(11)12-3/h7-9H,4-6H2,1-3H3/t7-,8-,9+/m1/s1. The van der Waals surface area contributed by atoms with Gasteiger partial charge in [-0.1, -0.05) is 20.3 Å². The minimum absolute atomic E-state index is 0.0194. The van der Waals surface area contributed by atoms with Crippen molar-refractivity contribution in [3.05, 3.63) is 0 Å². The summed E-state index contributed by atoms with van der Waals surface area (Å²) < 4.78 is 4.77. The second-order valence-electron chi connectivity index (χ2n) is 4.03. The van der Waals surface area contributed by atoms with Crippen molar-refractivity contribution in [2.24, 2.45) is 17.8 Å². The molecule has 0 aliphatic heterocycles. The van der Waals surface area contributed by atoms with Gasteiger partial charge in [0.15, 0.2) is 0 Å². The van der Waals surface area contributed by atoms with Crippen LogP contribution in [0, 0.1) is 17.8 Å². The molecule has 2 heteroatoms. The van der Waals surface area contributed by atoms with Crippen molar-refractivity contribution in [3.63, 3.8) is 0 Å². The molecule has 1 saturated carbocycles. The molecular weight excluding hydrogens is 152 g/mol. The summed E-state index contributed by atoms with van der Waals surface area (Å²) in [5, 5.41) is 0. The lowest BCUT2D eigenvalue weighted by atomic mass is 9.75. The van der Waals surface area contributed by atoms with E-state index in [9.17, 15) is 4.79 Å². The lowest BCUT2D eigenvalue weighted by Crippen LogP contribution is -2.29. The molecule has 0 saturated heterocycles. The molecule has 3 atom stereocenters. The fourth-order valence-corrected chi connectivity index (χ4v) is 2.01. The molecule has 1 fully saturated rings. The summed E-state index contributed by atoms with van der Waals surface area (Å²) in [6.07, 6.45) is 3.43. The number of rotatable bonds is 1. The van der Waals surface area contributed by atoms with Crippen LogP contribution in [0.5, 0.6) is 0 Å². The van der Waals surface area contributed by atoms with Gasteiger partial charge in [0.1, 0.15) is 0 Å². The Kier molecular flexibility index (Phi) is 3.12. The van der Waals surface area contributed by atoms with Gasteiger partial charge in [-0.05, 0) is 24.7 Å². The molecule has 2 nitrogen and oxygen atoms in total. The fourth-order valence-electron chi connectivity index (χ4n) is 2.01. The van der Waals surface area contributed by atoms with Crippen molar-refractivity contribution in [2.75, 3.05) is 7.11 Å². The minimum Gasteiger partial charge on any atom is -0.469 e. The maximum Gasteiger partial charge on any atom is 0.308 e. The summed E-state index contributed by atoms with van der Waals surface area (Å²) >= 11 is 0. The van der Waals surface area contributed by atoms with Crippen LogP contribution in [0.1, 0.15) is 33.1 Å². The summed E-state index contributed by atoms with van der Waals surface area (Å²) in [5.74, 6) is 1.33. The zero-order chi connectivity index (χ0) is 9.14. The lowest BCUT2D eigenvalue weighted by molar-refractivity contribution is -0.149. The Balaban J connectivity index is 2.54. The van der Waals surface area contributed by atoms with Gasteiger partial charge in [-0.2, -0.15) is 0 Å². The molecule has 0 amide bonds. The van der Waals surface area contributed by atoms with E-state index in [1.54, 1.807) is 0 Å². The van der Waals surface area contributed by atoms with Crippen molar-refractivity contribution in [1.29, 1.82) is 0 Å². The van der Waals surface area contributed by atoms with Gasteiger partial charge in [-0.15, -0.1) is 0 Å². The van der Waals surface area contributed by atoms with Crippen molar-refractivity contribution in [3.8, 4) is 0 Å². The Morgan fingerprint density at radius 3 is 2.58 bits per heavy atom. The number of carbonyl (C=O) groups excluding carboxylic acids is 1. The molecule has 0 unspecified atom stereocenters. The van der Waals surface area contributed by atoms with E-state index < -0.39 is 0 Å². The molecule has 1 rings (SSSR count). The Hall–Kier alpha value is -0.530. The third-order valence-corrected chi connectivity index (χ3v) is 2.96. The predicted octanol–water partition coefficient (Wildman–Crippen LogP) is 2.23. The van der Waals surface area contributed by atoms with E-state index in [4.69, 9.17) is 4.74 Å². The highest BCUT2D eigenvalue weighted by molar-refractivity contribution is 5.72. The van der Waals surface area contributed by atoms with Crippen LogP contribution in [0.25, 0.3) is 0 Å². The topological polar surface area (TPSA) is 26.3 Å². The minimum atomic E-state index is -0.0194. The number of hydrogen-bond acceptors (Lipinski definition) is 2. The van der Waals surface area contributed by atoms with Gasteiger partial charge in [-0.25, -0.2) is 0 Å². The largest absolute Gasteiger partial charge is 0.469 e. The Bertz CT molecular complexity index is 165. The average Bonchev–Trinajstić information content (AvgIpc) is 2.08. The molecule has 0 aromatic heterocycles. The van der Waals surface area contributed by atoms with E-state index in [0.29, 0.717) is 11.8 Å². The van der Waals surface area contributed by atoms with Crippen molar-refractivity contribution in [2.45, 2.75) is 33.1 Å². The van der Waals surface area contributed by atoms with E-state index in [0.717, 1.165) is 6.42 Å². The van der Waals surface area contributed by atoms with Crippen molar-refractivity contribution >= 4 is 5.97 Å². The van der Waals surface area contributed by atoms with Crippen LogP contribution in [-0.2, 0) is 9.53 Å². The van der Waals surface area contributed by atoms with Gasteiger partial charge in [0, 0.05) is 0 Å². The van der Waals surface area contributed by atoms with Crippen LogP contribution in [0.3, 0.4) is 0 Å². The first-order valence-corrected chi connectivity index (χ1v) is 4.73. The zero-order valence-corrected chi connectivity index (χ0v) is 8.17. The van der Waals surface area contributed by atoms with Crippen LogP contribution in [0.2, 0.25) is 0 Å². The second-order valence-corrected chi connectivity index (χ2v) is 4.03. The third-order valence-electron chi connectivity index (χ3n) is 2.96. The summed E-state index contributed by atoms with van der Waals surface area (Å²) in [4.78, 5) is 11.3. The lowest BCUT2D eigenvalue weighted by Gasteiger charge is -2.30. The van der Waals surface area contributed by atoms with Gasteiger partial charge in [0.25, 0.3) is 0 Å². The number of esters is 1. The number of ether oxygens (including phenoxy) is 1. The van der Waals surface area contributed by atoms with E-state index >= 15 is 0 Å². The SMILES string of the molecule is COC(=O)[C@H]1C[C@H](C)CC[C@H]1C. The summed E-state index contributed by atoms with van der Waals surface area (Å²) in [6, 6.07) is 0. The first kappa shape index (κ1) is 9.56. The summed E-state index contributed by atoms with van der Waals surface area (Å²) in [7, 11) is 1.48. The Morgan fingerprint density at radius 2 is 2.00 bits per heavy atom. The third kappa shape index (κ3) is 1.99. The molecule has 12 heavy (non-hydrogen) atoms. The van der Waals surface area contributed by atoms with Crippen LogP contribution >= 0.6 is 0 Å². The van der Waals surface area contributed by atoms with Crippen molar-refractivity contribution < 1.29 is 9.53 Å². The normalized spacial score (nSPS) is 36.1. The molecular formula is C10H18O2. The molecule has 70 valence electrons. The van der Waals surface area contributed by atoms with Gasteiger partial charge >= 0.3 is 5.97 Å². The quantitative estimate of drug-likeness (QED) is 0.564. The molecule has 1 aliphatic rings. The van der Waals surface area contributed by atoms with Crippen LogP contribution < -0.4 is 0 Å². The smallest absolute Gasteiger partial charge is 0.308 e. The van der Waals surface area contributed by atoms with Crippen LogP contribution in [-0.4, -0.2) is 13.1 Å². The monoisotopic (exact) mass is 170 g/mol. The average molecular weight is 170 g/mol. The zero-order valence-electron chi connectivity index (χ0n) is 8.17. The Morgan fingerprint density at radius 1 is 1.33 bits per heavy atom. The Labute approximate surface area is 74.3 Å². The summed E-state index contributed by atoms with van der Waals surface area (Å²) in [5.41, 5.74) is 0. The number of carbonyl (C=O) groups is 1. The maximum absolute atomic E-state index is 11.3. The first-order valence-electron chi connectivity index (χ1n) is 4.73.